The molecule has 0 aliphatic rings. The van der Waals surface area contributed by atoms with E-state index in [1.807, 2.05) is 0 Å². The van der Waals surface area contributed by atoms with Gasteiger partial charge < -0.3 is 10.1 Å². The molecular weight excluding hydrogens is 308 g/mol. The Kier molecular flexibility index (Phi) is 6.37. The molecule has 1 N–H and O–H groups in total. The van der Waals surface area contributed by atoms with Gasteiger partial charge in [-0.3, -0.25) is 0 Å². The van der Waals surface area contributed by atoms with Crippen molar-refractivity contribution >= 4 is 27.6 Å². The molecule has 0 saturated heterocycles. The van der Waals surface area contributed by atoms with Crippen LogP contribution in [0.1, 0.15) is 31.7 Å². The summed E-state index contributed by atoms with van der Waals surface area (Å²) in [6, 6.07) is 6.98. The van der Waals surface area contributed by atoms with E-state index in [2.05, 4.69) is 34.2 Å². The van der Waals surface area contributed by atoms with Gasteiger partial charge in [-0.2, -0.15) is 5.26 Å². The van der Waals surface area contributed by atoms with Crippen molar-refractivity contribution in [1.29, 1.82) is 5.26 Å². The molecule has 0 saturated carbocycles. The maximum Gasteiger partial charge on any atom is 0.328 e. The zero-order chi connectivity index (χ0) is 14.3. The maximum atomic E-state index is 11.7. The highest BCUT2D eigenvalue weighted by atomic mass is 79.9. The lowest BCUT2D eigenvalue weighted by molar-refractivity contribution is -0.141. The number of nitrogens with one attached hydrogen (secondary N) is 1. The predicted molar refractivity (Wildman–Crippen MR) is 77.8 cm³/mol. The van der Waals surface area contributed by atoms with Crippen LogP contribution in [0.3, 0.4) is 0 Å². The molecule has 1 aromatic rings. The van der Waals surface area contributed by atoms with Gasteiger partial charge in [0, 0.05) is 4.47 Å². The molecule has 1 unspecified atom stereocenters. The summed E-state index contributed by atoms with van der Waals surface area (Å²) in [5.74, 6) is -0.308. The molecule has 0 amide bonds. The second-order valence-electron chi connectivity index (χ2n) is 4.16. The van der Waals surface area contributed by atoms with Crippen LogP contribution >= 0.6 is 15.9 Å². The van der Waals surface area contributed by atoms with Crippen LogP contribution in [0.4, 0.5) is 5.69 Å². The van der Waals surface area contributed by atoms with Crippen molar-refractivity contribution in [3.8, 4) is 6.07 Å². The molecule has 1 aromatic carbocycles. The second kappa shape index (κ2) is 7.80. The second-order valence-corrected chi connectivity index (χ2v) is 5.08. The van der Waals surface area contributed by atoms with E-state index >= 15 is 0 Å². The number of rotatable bonds is 6. The van der Waals surface area contributed by atoms with E-state index in [4.69, 9.17) is 10.00 Å². The summed E-state index contributed by atoms with van der Waals surface area (Å²) < 4.78 is 5.64. The molecule has 0 aliphatic heterocycles. The van der Waals surface area contributed by atoms with Crippen molar-refractivity contribution in [2.24, 2.45) is 0 Å². The fourth-order valence-corrected chi connectivity index (χ4v) is 2.08. The van der Waals surface area contributed by atoms with Crippen LogP contribution in [0, 0.1) is 11.3 Å². The molecule has 19 heavy (non-hydrogen) atoms. The van der Waals surface area contributed by atoms with Gasteiger partial charge in [0.15, 0.2) is 0 Å². The van der Waals surface area contributed by atoms with E-state index in [1.54, 1.807) is 18.2 Å². The largest absolute Gasteiger partial charge is 0.467 e. The van der Waals surface area contributed by atoms with Crippen LogP contribution in [-0.4, -0.2) is 19.1 Å². The number of carbonyl (C=O) groups is 1. The quantitative estimate of drug-likeness (QED) is 0.814. The fourth-order valence-electron chi connectivity index (χ4n) is 1.72. The number of carbonyl (C=O) groups excluding carboxylic acids is 1. The summed E-state index contributed by atoms with van der Waals surface area (Å²) in [7, 11) is 1.37. The van der Waals surface area contributed by atoms with Crippen molar-refractivity contribution in [1.82, 2.24) is 0 Å². The number of anilines is 1. The predicted octanol–water partition coefficient (Wildman–Crippen LogP) is 3.46. The third kappa shape index (κ3) is 4.56. The summed E-state index contributed by atoms with van der Waals surface area (Å²) in [4.78, 5) is 11.7. The highest BCUT2D eigenvalue weighted by Gasteiger charge is 2.19. The van der Waals surface area contributed by atoms with Gasteiger partial charge in [0.25, 0.3) is 0 Å². The van der Waals surface area contributed by atoms with Crippen molar-refractivity contribution in [2.45, 2.75) is 32.2 Å². The number of esters is 1. The van der Waals surface area contributed by atoms with Crippen LogP contribution in [0.25, 0.3) is 0 Å². The number of unbranched alkanes of at least 4 members (excludes halogenated alkanes) is 1. The average Bonchev–Trinajstić information content (AvgIpc) is 2.42. The summed E-state index contributed by atoms with van der Waals surface area (Å²) in [5.41, 5.74) is 1.15. The number of benzene rings is 1. The third-order valence-electron chi connectivity index (χ3n) is 2.76. The number of nitrogens with zero attached hydrogens (tertiary/aromatic N) is 1. The minimum Gasteiger partial charge on any atom is -0.467 e. The van der Waals surface area contributed by atoms with E-state index < -0.39 is 6.04 Å². The van der Waals surface area contributed by atoms with Crippen LogP contribution in [0.5, 0.6) is 0 Å². The molecule has 0 spiro atoms. The number of halogens is 1. The van der Waals surface area contributed by atoms with Crippen LogP contribution in [-0.2, 0) is 9.53 Å². The Bertz CT molecular complexity index is 483. The smallest absolute Gasteiger partial charge is 0.328 e. The molecule has 4 nitrogen and oxygen atoms in total. The van der Waals surface area contributed by atoms with Gasteiger partial charge in [0.05, 0.1) is 18.4 Å². The molecule has 0 aromatic heterocycles. The van der Waals surface area contributed by atoms with E-state index in [9.17, 15) is 4.79 Å². The zero-order valence-electron chi connectivity index (χ0n) is 11.1. The minimum absolute atomic E-state index is 0.308. The summed E-state index contributed by atoms with van der Waals surface area (Å²) >= 11 is 3.36. The summed E-state index contributed by atoms with van der Waals surface area (Å²) in [6.07, 6.45) is 2.60. The normalized spacial score (nSPS) is 11.5. The lowest BCUT2D eigenvalue weighted by Gasteiger charge is -2.18. The SMILES string of the molecule is CCCCC(Nc1cc(Br)ccc1C#N)C(=O)OC. The Morgan fingerprint density at radius 1 is 1.58 bits per heavy atom. The molecular formula is C14H17BrN2O2. The Hall–Kier alpha value is -1.54. The Morgan fingerprint density at radius 2 is 2.32 bits per heavy atom. The fraction of sp³-hybridized carbons (Fsp3) is 0.429. The number of hydrogen-bond acceptors (Lipinski definition) is 4. The van der Waals surface area contributed by atoms with Gasteiger partial charge in [0.1, 0.15) is 12.1 Å². The van der Waals surface area contributed by atoms with Gasteiger partial charge in [-0.1, -0.05) is 35.7 Å². The van der Waals surface area contributed by atoms with E-state index in [0.29, 0.717) is 17.7 Å². The lowest BCUT2D eigenvalue weighted by atomic mass is 10.1. The third-order valence-corrected chi connectivity index (χ3v) is 3.26. The maximum absolute atomic E-state index is 11.7. The molecule has 0 heterocycles. The van der Waals surface area contributed by atoms with Crippen molar-refractivity contribution < 1.29 is 9.53 Å². The standard InChI is InChI=1S/C14H17BrN2O2/c1-3-4-5-12(14(18)19-2)17-13-8-11(15)7-6-10(13)9-16/h6-8,12,17H,3-5H2,1-2H3. The zero-order valence-corrected chi connectivity index (χ0v) is 12.7. The molecule has 102 valence electrons. The number of methoxy groups -OCH3 is 1. The molecule has 0 fully saturated rings. The van der Waals surface area contributed by atoms with E-state index in [0.717, 1.165) is 17.3 Å². The van der Waals surface area contributed by atoms with Crippen molar-refractivity contribution in [2.75, 3.05) is 12.4 Å². The van der Waals surface area contributed by atoms with Gasteiger partial charge >= 0.3 is 5.97 Å². The Labute approximate surface area is 121 Å². The number of ether oxygens (including phenoxy) is 1. The molecule has 0 bridgehead atoms. The first-order valence-electron chi connectivity index (χ1n) is 6.16. The summed E-state index contributed by atoms with van der Waals surface area (Å²) in [6.45, 7) is 2.06. The average molecular weight is 325 g/mol. The molecule has 0 aliphatic carbocycles. The first-order chi connectivity index (χ1) is 9.12. The highest BCUT2D eigenvalue weighted by molar-refractivity contribution is 9.10. The van der Waals surface area contributed by atoms with Crippen molar-refractivity contribution in [3.63, 3.8) is 0 Å². The molecule has 0 radical (unpaired) electrons. The lowest BCUT2D eigenvalue weighted by Crippen LogP contribution is -2.30. The Balaban J connectivity index is 2.92. The topological polar surface area (TPSA) is 62.1 Å². The number of nitriles is 1. The van der Waals surface area contributed by atoms with Gasteiger partial charge in [-0.15, -0.1) is 0 Å². The van der Waals surface area contributed by atoms with Gasteiger partial charge in [0.2, 0.25) is 0 Å². The van der Waals surface area contributed by atoms with Crippen LogP contribution in [0.2, 0.25) is 0 Å². The highest BCUT2D eigenvalue weighted by Crippen LogP contribution is 2.22. The molecule has 1 rings (SSSR count). The van der Waals surface area contributed by atoms with Gasteiger partial charge in [-0.05, 0) is 24.6 Å². The Morgan fingerprint density at radius 3 is 2.89 bits per heavy atom. The minimum atomic E-state index is -0.425. The van der Waals surface area contributed by atoms with E-state index in [1.165, 1.54) is 7.11 Å². The van der Waals surface area contributed by atoms with E-state index in [-0.39, 0.29) is 5.97 Å². The van der Waals surface area contributed by atoms with Crippen LogP contribution < -0.4 is 5.32 Å². The first kappa shape index (κ1) is 15.5. The molecule has 5 heteroatoms. The number of hydrogen-bond donors (Lipinski definition) is 1. The van der Waals surface area contributed by atoms with Crippen LogP contribution in [0.15, 0.2) is 22.7 Å². The molecule has 1 atom stereocenters. The summed E-state index contributed by atoms with van der Waals surface area (Å²) in [5, 5.41) is 12.2. The monoisotopic (exact) mass is 324 g/mol. The van der Waals surface area contributed by atoms with Crippen molar-refractivity contribution in [3.05, 3.63) is 28.2 Å². The van der Waals surface area contributed by atoms with Gasteiger partial charge in [-0.25, -0.2) is 4.79 Å². The first-order valence-corrected chi connectivity index (χ1v) is 6.95.